The quantitative estimate of drug-likeness (QED) is 0.447. The molecule has 6 heavy (non-hydrogen) atoms. The van der Waals surface area contributed by atoms with Gasteiger partial charge in [0.2, 0.25) is 0 Å². The first kappa shape index (κ1) is 6.18. The van der Waals surface area contributed by atoms with Crippen LogP contribution in [0.1, 0.15) is 13.8 Å². The largest absolute Gasteiger partial charge is 0.383 e. The summed E-state index contributed by atoms with van der Waals surface area (Å²) in [5.74, 6) is 0. The lowest BCUT2D eigenvalue weighted by molar-refractivity contribution is 0.117. The topological polar surface area (TPSA) is 9.23 Å². The molecule has 0 aromatic carbocycles. The molecule has 2 heteroatoms. The minimum Gasteiger partial charge on any atom is -0.383 e. The number of hydrogen-bond donors (Lipinski definition) is 0. The van der Waals surface area contributed by atoms with Crippen LogP contribution in [0.15, 0.2) is 0 Å². The van der Waals surface area contributed by atoms with Crippen LogP contribution in [0.3, 0.4) is 0 Å². The lowest BCUT2D eigenvalue weighted by Gasteiger charge is -2.00. The molecule has 1 nitrogen and oxygen atoms in total. The first-order valence-electron chi connectivity index (χ1n) is 2.18. The molecule has 0 unspecified atom stereocenters. The van der Waals surface area contributed by atoms with Gasteiger partial charge < -0.3 is 4.74 Å². The summed E-state index contributed by atoms with van der Waals surface area (Å²) in [5, 5.41) is 0. The zero-order valence-electron chi connectivity index (χ0n) is 4.40. The van der Waals surface area contributed by atoms with Gasteiger partial charge in [0.25, 0.3) is 0 Å². The highest BCUT2D eigenvalue weighted by molar-refractivity contribution is 6.08. The normalized spacial score (nSPS) is 10.0. The van der Waals surface area contributed by atoms with Crippen LogP contribution < -0.4 is 0 Å². The van der Waals surface area contributed by atoms with Gasteiger partial charge in [-0.1, -0.05) is 0 Å². The van der Waals surface area contributed by atoms with E-state index in [9.17, 15) is 0 Å². The molecule has 1 radical (unpaired) electrons. The van der Waals surface area contributed by atoms with E-state index in [0.717, 1.165) is 6.23 Å². The summed E-state index contributed by atoms with van der Waals surface area (Å²) < 4.78 is 5.05. The van der Waals surface area contributed by atoms with Crippen molar-refractivity contribution in [3.05, 3.63) is 0 Å². The van der Waals surface area contributed by atoms with Gasteiger partial charge in [-0.3, -0.25) is 0 Å². The fraction of sp³-hybridized carbons (Fsp3) is 1.00. The maximum Gasteiger partial charge on any atom is 0.0514 e. The van der Waals surface area contributed by atoms with E-state index in [-0.39, 0.29) is 0 Å². The van der Waals surface area contributed by atoms with Crippen molar-refractivity contribution in [2.75, 3.05) is 6.23 Å². The second kappa shape index (κ2) is 3.37. The molecular formula is C4H11OSi. The van der Waals surface area contributed by atoms with E-state index in [1.807, 2.05) is 24.1 Å². The molecule has 0 fully saturated rings. The molecule has 0 saturated carbocycles. The van der Waals surface area contributed by atoms with Crippen molar-refractivity contribution in [3.63, 3.8) is 0 Å². The Bertz CT molecular complexity index is 28.7. The van der Waals surface area contributed by atoms with Gasteiger partial charge in [-0.15, -0.1) is 0 Å². The zero-order chi connectivity index (χ0) is 4.99. The average Bonchev–Trinajstić information content (AvgIpc) is 1.35. The van der Waals surface area contributed by atoms with Crippen molar-refractivity contribution in [1.82, 2.24) is 0 Å². The molecule has 0 saturated heterocycles. The summed E-state index contributed by atoms with van der Waals surface area (Å²) in [6.07, 6.45) is 1.26. The monoisotopic (exact) mass is 103 g/mol. The molecule has 0 bridgehead atoms. The Morgan fingerprint density at radius 1 is 1.67 bits per heavy atom. The fourth-order valence-electron chi connectivity index (χ4n) is 0.236. The number of ether oxygens (including phenoxy) is 1. The maximum atomic E-state index is 5.05. The van der Waals surface area contributed by atoms with Gasteiger partial charge in [-0.2, -0.15) is 0 Å². The van der Waals surface area contributed by atoms with E-state index in [0.29, 0.717) is 6.10 Å². The molecule has 0 N–H and O–H groups in total. The predicted molar refractivity (Wildman–Crippen MR) is 29.6 cm³/mol. The summed E-state index contributed by atoms with van der Waals surface area (Å²) in [6, 6.07) is 0. The van der Waals surface area contributed by atoms with Crippen LogP contribution >= 0.6 is 0 Å². The van der Waals surface area contributed by atoms with Crippen molar-refractivity contribution in [3.8, 4) is 0 Å². The Kier molecular flexibility index (Phi) is 3.47. The van der Waals surface area contributed by atoms with E-state index in [1.54, 1.807) is 0 Å². The molecule has 0 heterocycles. The Morgan fingerprint density at radius 2 is 2.17 bits per heavy atom. The smallest absolute Gasteiger partial charge is 0.0514 e. The second-order valence-corrected chi connectivity index (χ2v) is 1.83. The summed E-state index contributed by atoms with van der Waals surface area (Å²) in [4.78, 5) is 0. The molecule has 0 spiro atoms. The van der Waals surface area contributed by atoms with Crippen LogP contribution in [-0.2, 0) is 4.74 Å². The van der Waals surface area contributed by atoms with Gasteiger partial charge in [0, 0.05) is 16.5 Å². The standard InChI is InChI=1S/C4H11OSi/c1-4(2)5-3-6/h4H,3,6H2,1-2H3. The van der Waals surface area contributed by atoms with E-state index in [1.165, 1.54) is 0 Å². The van der Waals surface area contributed by atoms with Crippen molar-refractivity contribution in [1.29, 1.82) is 0 Å². The molecular weight excluding hydrogens is 92.1 g/mol. The Labute approximate surface area is 42.1 Å². The van der Waals surface area contributed by atoms with E-state index in [4.69, 9.17) is 4.74 Å². The van der Waals surface area contributed by atoms with Crippen LogP contribution in [-0.4, -0.2) is 22.6 Å². The molecule has 0 amide bonds. The first-order valence-corrected chi connectivity index (χ1v) is 3.18. The Morgan fingerprint density at radius 3 is 2.17 bits per heavy atom. The van der Waals surface area contributed by atoms with Gasteiger partial charge in [-0.05, 0) is 13.8 Å². The molecule has 0 aromatic heterocycles. The van der Waals surface area contributed by atoms with E-state index < -0.39 is 0 Å². The molecule has 0 aliphatic rings. The molecule has 0 atom stereocenters. The minimum absolute atomic E-state index is 0.405. The minimum atomic E-state index is 0.405. The van der Waals surface area contributed by atoms with Crippen molar-refractivity contribution in [2.24, 2.45) is 0 Å². The van der Waals surface area contributed by atoms with Gasteiger partial charge in [-0.25, -0.2) is 0 Å². The zero-order valence-corrected chi connectivity index (χ0v) is 5.81. The van der Waals surface area contributed by atoms with Gasteiger partial charge >= 0.3 is 0 Å². The van der Waals surface area contributed by atoms with Crippen molar-refractivity contribution >= 4 is 10.2 Å². The molecule has 0 aliphatic heterocycles. The van der Waals surface area contributed by atoms with Crippen LogP contribution in [0, 0.1) is 0 Å². The lowest BCUT2D eigenvalue weighted by Crippen LogP contribution is -2.02. The highest BCUT2D eigenvalue weighted by Gasteiger charge is 1.83. The van der Waals surface area contributed by atoms with Crippen LogP contribution in [0.4, 0.5) is 0 Å². The Hall–Kier alpha value is 0.177. The van der Waals surface area contributed by atoms with E-state index in [2.05, 4.69) is 0 Å². The van der Waals surface area contributed by atoms with Crippen molar-refractivity contribution < 1.29 is 4.74 Å². The molecule has 0 aromatic rings. The second-order valence-electron chi connectivity index (χ2n) is 1.42. The summed E-state index contributed by atoms with van der Waals surface area (Å²) in [5.41, 5.74) is 0. The number of hydrogen-bond acceptors (Lipinski definition) is 1. The highest BCUT2D eigenvalue weighted by atomic mass is 28.1. The summed E-state index contributed by atoms with van der Waals surface area (Å²) >= 11 is 0. The third kappa shape index (κ3) is 4.18. The third-order valence-corrected chi connectivity index (χ3v) is 0.687. The molecule has 0 rings (SSSR count). The molecule has 0 aliphatic carbocycles. The predicted octanol–water partition coefficient (Wildman–Crippen LogP) is 0.00200. The van der Waals surface area contributed by atoms with Gasteiger partial charge in [0.1, 0.15) is 0 Å². The third-order valence-electron chi connectivity index (χ3n) is 0.451. The summed E-state index contributed by atoms with van der Waals surface area (Å²) in [7, 11) is 1.83. The first-order chi connectivity index (χ1) is 2.77. The Balaban J connectivity index is 2.63. The average molecular weight is 103 g/mol. The van der Waals surface area contributed by atoms with Crippen LogP contribution in [0.2, 0.25) is 0 Å². The van der Waals surface area contributed by atoms with Gasteiger partial charge in [0.15, 0.2) is 0 Å². The van der Waals surface area contributed by atoms with Crippen LogP contribution in [0.25, 0.3) is 0 Å². The van der Waals surface area contributed by atoms with E-state index >= 15 is 0 Å². The van der Waals surface area contributed by atoms with Gasteiger partial charge in [0.05, 0.1) is 6.10 Å². The SMILES string of the molecule is CC(C)OC[SiH2]. The maximum absolute atomic E-state index is 5.05. The number of rotatable bonds is 2. The lowest BCUT2D eigenvalue weighted by atomic mass is 10.5. The summed E-state index contributed by atoms with van der Waals surface area (Å²) in [6.45, 7) is 4.07. The molecule has 37 valence electrons. The van der Waals surface area contributed by atoms with Crippen molar-refractivity contribution in [2.45, 2.75) is 20.0 Å². The van der Waals surface area contributed by atoms with Crippen LogP contribution in [0.5, 0.6) is 0 Å². The highest BCUT2D eigenvalue weighted by Crippen LogP contribution is 1.81. The fourth-order valence-corrected chi connectivity index (χ4v) is 0.707.